The zero-order chi connectivity index (χ0) is 14.3. The topological polar surface area (TPSA) is 60.2 Å². The highest BCUT2D eigenvalue weighted by molar-refractivity contribution is 7.92. The van der Waals surface area contributed by atoms with Gasteiger partial charge in [-0.3, -0.25) is 0 Å². The van der Waals surface area contributed by atoms with E-state index in [-0.39, 0.29) is 12.0 Å². The van der Waals surface area contributed by atoms with Gasteiger partial charge in [-0.2, -0.15) is 0 Å². The molecule has 1 aliphatic carbocycles. The molecule has 1 fully saturated rings. The van der Waals surface area contributed by atoms with E-state index in [1.165, 1.54) is 0 Å². The van der Waals surface area contributed by atoms with Gasteiger partial charge in [0, 0.05) is 17.0 Å². The van der Waals surface area contributed by atoms with Gasteiger partial charge in [-0.25, -0.2) is 8.42 Å². The molecule has 0 spiro atoms. The number of rotatable bonds is 3. The van der Waals surface area contributed by atoms with Crippen LogP contribution in [0.5, 0.6) is 0 Å². The fourth-order valence-electron chi connectivity index (χ4n) is 2.60. The molecule has 0 aliphatic heterocycles. The smallest absolute Gasteiger partial charge is 0.183 e. The minimum absolute atomic E-state index is 0.182. The largest absolute Gasteiger partial charge is 0.326 e. The summed E-state index contributed by atoms with van der Waals surface area (Å²) in [5.41, 5.74) is 6.88. The van der Waals surface area contributed by atoms with Crippen molar-refractivity contribution in [2.45, 2.75) is 22.1 Å². The van der Waals surface area contributed by atoms with E-state index in [1.54, 1.807) is 42.5 Å². The van der Waals surface area contributed by atoms with Gasteiger partial charge in [0.2, 0.25) is 0 Å². The SMILES string of the molecule is N[C@@H]1[C@H](c2cccc(Cl)c2)[C@H]1S(=O)(=O)c1ccccc1. The molecule has 5 heteroatoms. The van der Waals surface area contributed by atoms with Gasteiger partial charge >= 0.3 is 0 Å². The summed E-state index contributed by atoms with van der Waals surface area (Å²) in [5, 5.41) is 0.0285. The molecular weight excluding hydrogens is 294 g/mol. The van der Waals surface area contributed by atoms with Crippen LogP contribution in [0.3, 0.4) is 0 Å². The zero-order valence-corrected chi connectivity index (χ0v) is 12.2. The predicted molar refractivity (Wildman–Crippen MR) is 79.6 cm³/mol. The fourth-order valence-corrected chi connectivity index (χ4v) is 4.86. The van der Waals surface area contributed by atoms with Crippen LogP contribution in [0.25, 0.3) is 0 Å². The van der Waals surface area contributed by atoms with E-state index >= 15 is 0 Å². The van der Waals surface area contributed by atoms with Gasteiger partial charge in [0.25, 0.3) is 0 Å². The first-order chi connectivity index (χ1) is 9.51. The molecule has 2 N–H and O–H groups in total. The van der Waals surface area contributed by atoms with E-state index in [1.807, 2.05) is 12.1 Å². The molecule has 0 aromatic heterocycles. The molecule has 20 heavy (non-hydrogen) atoms. The van der Waals surface area contributed by atoms with Crippen molar-refractivity contribution in [3.8, 4) is 0 Å². The first-order valence-corrected chi connectivity index (χ1v) is 8.24. The van der Waals surface area contributed by atoms with Crippen molar-refractivity contribution in [2.24, 2.45) is 5.73 Å². The summed E-state index contributed by atoms with van der Waals surface area (Å²) in [6, 6.07) is 15.3. The first kappa shape index (κ1) is 13.6. The molecule has 3 atom stereocenters. The third-order valence-corrected chi connectivity index (χ3v) is 6.16. The molecule has 2 aromatic rings. The summed E-state index contributed by atoms with van der Waals surface area (Å²) in [4.78, 5) is 0.324. The maximum Gasteiger partial charge on any atom is 0.183 e. The highest BCUT2D eigenvalue weighted by Crippen LogP contribution is 2.47. The highest BCUT2D eigenvalue weighted by Gasteiger charge is 2.57. The molecule has 3 rings (SSSR count). The Kier molecular flexibility index (Phi) is 3.32. The fraction of sp³-hybridized carbons (Fsp3) is 0.200. The van der Waals surface area contributed by atoms with Crippen molar-refractivity contribution in [2.75, 3.05) is 0 Å². The quantitative estimate of drug-likeness (QED) is 0.948. The number of sulfone groups is 1. The van der Waals surface area contributed by atoms with Crippen molar-refractivity contribution < 1.29 is 8.42 Å². The van der Waals surface area contributed by atoms with Crippen LogP contribution in [0.15, 0.2) is 59.5 Å². The van der Waals surface area contributed by atoms with Crippen molar-refractivity contribution in [1.82, 2.24) is 0 Å². The van der Waals surface area contributed by atoms with Crippen LogP contribution >= 0.6 is 11.6 Å². The Bertz CT molecular complexity index is 731. The van der Waals surface area contributed by atoms with Gasteiger partial charge in [0.15, 0.2) is 9.84 Å². The molecule has 104 valence electrons. The van der Waals surface area contributed by atoms with Crippen LogP contribution in [0.4, 0.5) is 0 Å². The van der Waals surface area contributed by atoms with Gasteiger partial charge < -0.3 is 5.73 Å². The van der Waals surface area contributed by atoms with Crippen molar-refractivity contribution in [1.29, 1.82) is 0 Å². The summed E-state index contributed by atoms with van der Waals surface area (Å²) in [6.07, 6.45) is 0. The molecule has 3 nitrogen and oxygen atoms in total. The Labute approximate surface area is 123 Å². The second kappa shape index (κ2) is 4.88. The molecule has 0 saturated heterocycles. The van der Waals surface area contributed by atoms with E-state index in [0.29, 0.717) is 9.92 Å². The van der Waals surface area contributed by atoms with Crippen LogP contribution in [-0.4, -0.2) is 19.7 Å². The van der Waals surface area contributed by atoms with Crippen LogP contribution in [0.1, 0.15) is 11.5 Å². The van der Waals surface area contributed by atoms with Gasteiger partial charge in [0.1, 0.15) is 0 Å². The Hall–Kier alpha value is -1.36. The van der Waals surface area contributed by atoms with Crippen molar-refractivity contribution in [3.05, 3.63) is 65.2 Å². The van der Waals surface area contributed by atoms with E-state index in [0.717, 1.165) is 5.56 Å². The summed E-state index contributed by atoms with van der Waals surface area (Å²) in [6.45, 7) is 0. The van der Waals surface area contributed by atoms with Crippen LogP contribution in [0, 0.1) is 0 Å². The molecule has 1 aliphatic rings. The molecule has 0 bridgehead atoms. The summed E-state index contributed by atoms with van der Waals surface area (Å²) in [5.74, 6) is -0.182. The van der Waals surface area contributed by atoms with Crippen molar-refractivity contribution >= 4 is 21.4 Å². The second-order valence-corrected chi connectivity index (χ2v) is 7.52. The Morgan fingerprint density at radius 2 is 1.70 bits per heavy atom. The molecule has 0 unspecified atom stereocenters. The average Bonchev–Trinajstić information content (AvgIpc) is 3.12. The minimum Gasteiger partial charge on any atom is -0.326 e. The van der Waals surface area contributed by atoms with Crippen LogP contribution in [-0.2, 0) is 9.84 Å². The summed E-state index contributed by atoms with van der Waals surface area (Å²) >= 11 is 5.95. The van der Waals surface area contributed by atoms with Crippen LogP contribution < -0.4 is 5.73 Å². The van der Waals surface area contributed by atoms with E-state index in [4.69, 9.17) is 17.3 Å². The van der Waals surface area contributed by atoms with Gasteiger partial charge in [-0.15, -0.1) is 0 Å². The standard InChI is InChI=1S/C15H14ClNO2S/c16-11-6-4-5-10(9-11)13-14(17)15(13)20(18,19)12-7-2-1-3-8-12/h1-9,13-15H,17H2/t13-,14+,15+/m0/s1. The van der Waals surface area contributed by atoms with E-state index in [9.17, 15) is 8.42 Å². The van der Waals surface area contributed by atoms with Gasteiger partial charge in [-0.1, -0.05) is 41.9 Å². The number of hydrogen-bond acceptors (Lipinski definition) is 3. The predicted octanol–water partition coefficient (Wildman–Crippen LogP) is 2.61. The summed E-state index contributed by atoms with van der Waals surface area (Å²) < 4.78 is 25.1. The maximum atomic E-state index is 12.6. The average molecular weight is 308 g/mol. The van der Waals surface area contributed by atoms with Crippen LogP contribution in [0.2, 0.25) is 5.02 Å². The highest BCUT2D eigenvalue weighted by atomic mass is 35.5. The molecule has 0 radical (unpaired) electrons. The lowest BCUT2D eigenvalue weighted by molar-refractivity contribution is 0.593. The first-order valence-electron chi connectivity index (χ1n) is 6.32. The van der Waals surface area contributed by atoms with E-state index < -0.39 is 15.1 Å². The number of hydrogen-bond donors (Lipinski definition) is 1. The minimum atomic E-state index is -3.39. The number of halogens is 1. The Morgan fingerprint density at radius 3 is 2.35 bits per heavy atom. The second-order valence-electron chi connectivity index (χ2n) is 4.98. The molecule has 0 heterocycles. The normalized spacial score (nSPS) is 25.4. The van der Waals surface area contributed by atoms with Crippen molar-refractivity contribution in [3.63, 3.8) is 0 Å². The summed E-state index contributed by atoms with van der Waals surface area (Å²) in [7, 11) is -3.39. The molecule has 2 aromatic carbocycles. The molecule has 1 saturated carbocycles. The molecular formula is C15H14ClNO2S. The Morgan fingerprint density at radius 1 is 1.00 bits per heavy atom. The lowest BCUT2D eigenvalue weighted by atomic mass is 10.1. The van der Waals surface area contributed by atoms with E-state index in [2.05, 4.69) is 0 Å². The Balaban J connectivity index is 1.94. The van der Waals surface area contributed by atoms with Gasteiger partial charge in [-0.05, 0) is 29.8 Å². The lowest BCUT2D eigenvalue weighted by Crippen LogP contribution is -2.15. The zero-order valence-electron chi connectivity index (χ0n) is 10.6. The number of benzene rings is 2. The monoisotopic (exact) mass is 307 g/mol. The molecule has 0 amide bonds. The maximum absolute atomic E-state index is 12.6. The third kappa shape index (κ3) is 2.24. The third-order valence-electron chi connectivity index (χ3n) is 3.67. The lowest BCUT2D eigenvalue weighted by Gasteiger charge is -2.04. The number of nitrogens with two attached hydrogens (primary N) is 1. The van der Waals surface area contributed by atoms with Gasteiger partial charge in [0.05, 0.1) is 10.1 Å².